The molecule has 0 aliphatic heterocycles. The zero-order valence-electron chi connectivity index (χ0n) is 17.5. The molecule has 0 spiro atoms. The highest BCUT2D eigenvalue weighted by atomic mass is 32.1. The van der Waals surface area contributed by atoms with Crippen LogP contribution in [0.15, 0.2) is 30.3 Å². The number of hydrogen-bond donors (Lipinski definition) is 2. The van der Waals surface area contributed by atoms with E-state index in [0.29, 0.717) is 5.92 Å². The lowest BCUT2D eigenvalue weighted by Gasteiger charge is -2.43. The van der Waals surface area contributed by atoms with Crippen molar-refractivity contribution in [2.75, 3.05) is 0 Å². The first-order valence-corrected chi connectivity index (χ1v) is 13.4. The van der Waals surface area contributed by atoms with Crippen LogP contribution in [0.5, 0.6) is 0 Å². The quantitative estimate of drug-likeness (QED) is 0.381. The monoisotopic (exact) mass is 433 g/mol. The van der Waals surface area contributed by atoms with Gasteiger partial charge in [-0.1, -0.05) is 63.9 Å². The Hall–Kier alpha value is -0.503. The summed E-state index contributed by atoms with van der Waals surface area (Å²) >= 11 is 4.79. The molecule has 1 aromatic rings. The summed E-state index contributed by atoms with van der Waals surface area (Å²) in [6.07, 6.45) is -1.63. The number of alkyl halides is 3. The van der Waals surface area contributed by atoms with Crippen LogP contribution in [0.2, 0.25) is 13.1 Å². The van der Waals surface area contributed by atoms with Gasteiger partial charge in [-0.25, -0.2) is 0 Å². The molecule has 1 N–H and O–H groups in total. The molecule has 160 valence electrons. The zero-order chi connectivity index (χ0) is 21.1. The molecule has 1 aromatic carbocycles. The van der Waals surface area contributed by atoms with E-state index in [-0.39, 0.29) is 22.3 Å². The zero-order valence-corrected chi connectivity index (χ0v) is 19.5. The Kier molecular flexibility index (Phi) is 8.10. The van der Waals surface area contributed by atoms with E-state index in [9.17, 15) is 13.2 Å². The van der Waals surface area contributed by atoms with Crippen LogP contribution in [0.25, 0.3) is 0 Å². The lowest BCUT2D eigenvalue weighted by Crippen LogP contribution is -2.56. The summed E-state index contributed by atoms with van der Waals surface area (Å²) in [6.45, 7) is 10.2. The maximum atomic E-state index is 14.0. The minimum Gasteiger partial charge on any atom is -0.416 e. The third-order valence-corrected chi connectivity index (χ3v) is 6.47. The molecule has 2 unspecified atom stereocenters. The van der Waals surface area contributed by atoms with Gasteiger partial charge < -0.3 is 4.43 Å². The van der Waals surface area contributed by atoms with Crippen molar-refractivity contribution in [3.63, 3.8) is 0 Å². The Balaban J connectivity index is 2.37. The molecule has 2 rings (SSSR count). The van der Waals surface area contributed by atoms with E-state index in [1.807, 2.05) is 20.8 Å². The molecule has 1 aliphatic rings. The van der Waals surface area contributed by atoms with Crippen LogP contribution in [0, 0.1) is 11.3 Å². The predicted octanol–water partition coefficient (Wildman–Crippen LogP) is 5.76. The van der Waals surface area contributed by atoms with Gasteiger partial charge in [0.2, 0.25) is 0 Å². The summed E-state index contributed by atoms with van der Waals surface area (Å²) in [5, 5.41) is 2.75. The fourth-order valence-electron chi connectivity index (χ4n) is 3.58. The summed E-state index contributed by atoms with van der Waals surface area (Å²) in [6, 6.07) is 5.84. The van der Waals surface area contributed by atoms with Gasteiger partial charge in [0.05, 0.1) is 6.10 Å². The van der Waals surface area contributed by atoms with Crippen LogP contribution < -0.4 is 5.32 Å². The molecule has 2 nitrogen and oxygen atoms in total. The topological polar surface area (TPSA) is 21.3 Å². The fourth-order valence-corrected chi connectivity index (χ4v) is 5.28. The van der Waals surface area contributed by atoms with Crippen molar-refractivity contribution in [1.82, 2.24) is 5.32 Å². The second-order valence-corrected chi connectivity index (χ2v) is 12.3. The van der Waals surface area contributed by atoms with Crippen LogP contribution in [-0.2, 0) is 4.43 Å². The maximum Gasteiger partial charge on any atom is 0.407 e. The molecule has 1 fully saturated rings. The second kappa shape index (κ2) is 9.54. The summed E-state index contributed by atoms with van der Waals surface area (Å²) in [5.74, 6) is 0.574. The SMILES string of the molecule is C[SiH](C)OC(C(N[C@H](c1ccccc1)C(F)(F)F)[C@H](S)CC1CC1)C(C)(C)C. The number of nitrogens with one attached hydrogen (secondary N) is 1. The van der Waals surface area contributed by atoms with Gasteiger partial charge in [-0.15, -0.1) is 0 Å². The molecule has 0 aromatic heterocycles. The molecule has 1 saturated carbocycles. The molecule has 0 amide bonds. The minimum absolute atomic E-state index is 0.196. The van der Waals surface area contributed by atoms with E-state index in [4.69, 9.17) is 17.1 Å². The van der Waals surface area contributed by atoms with Crippen molar-refractivity contribution in [2.24, 2.45) is 11.3 Å². The van der Waals surface area contributed by atoms with E-state index >= 15 is 0 Å². The Morgan fingerprint density at radius 2 is 1.71 bits per heavy atom. The van der Waals surface area contributed by atoms with Gasteiger partial charge in [-0.05, 0) is 36.4 Å². The van der Waals surface area contributed by atoms with Crippen molar-refractivity contribution in [1.29, 1.82) is 0 Å². The highest BCUT2D eigenvalue weighted by molar-refractivity contribution is 7.81. The Labute approximate surface area is 174 Å². The molecule has 0 bridgehead atoms. The largest absolute Gasteiger partial charge is 0.416 e. The molecule has 28 heavy (non-hydrogen) atoms. The van der Waals surface area contributed by atoms with Crippen LogP contribution in [0.3, 0.4) is 0 Å². The van der Waals surface area contributed by atoms with Crippen molar-refractivity contribution >= 4 is 21.7 Å². The van der Waals surface area contributed by atoms with Gasteiger partial charge in [-0.3, -0.25) is 5.32 Å². The first-order chi connectivity index (χ1) is 12.9. The van der Waals surface area contributed by atoms with E-state index in [1.54, 1.807) is 18.2 Å². The number of benzene rings is 1. The maximum absolute atomic E-state index is 14.0. The van der Waals surface area contributed by atoms with Crippen LogP contribution in [0.4, 0.5) is 13.2 Å². The van der Waals surface area contributed by atoms with Gasteiger partial charge in [0, 0.05) is 11.3 Å². The van der Waals surface area contributed by atoms with Gasteiger partial charge in [-0.2, -0.15) is 25.8 Å². The van der Waals surface area contributed by atoms with Gasteiger partial charge in [0.15, 0.2) is 9.04 Å². The Morgan fingerprint density at radius 3 is 2.14 bits per heavy atom. The Morgan fingerprint density at radius 1 is 1.14 bits per heavy atom. The smallest absolute Gasteiger partial charge is 0.407 e. The normalized spacial score (nSPS) is 20.1. The van der Waals surface area contributed by atoms with E-state index < -0.39 is 27.3 Å². The Bertz CT molecular complexity index is 602. The second-order valence-electron chi connectivity index (χ2n) is 9.30. The fraction of sp³-hybridized carbons (Fsp3) is 0.714. The number of thiol groups is 1. The molecule has 1 aliphatic carbocycles. The highest BCUT2D eigenvalue weighted by Gasteiger charge is 2.46. The molecule has 7 heteroatoms. The van der Waals surface area contributed by atoms with Crippen molar-refractivity contribution in [2.45, 2.75) is 82.7 Å². The summed E-state index contributed by atoms with van der Waals surface area (Å²) in [4.78, 5) is 0. The third-order valence-electron chi connectivity index (χ3n) is 5.10. The van der Waals surface area contributed by atoms with Crippen LogP contribution in [0.1, 0.15) is 51.6 Å². The number of halogens is 3. The molecule has 0 heterocycles. The van der Waals surface area contributed by atoms with Gasteiger partial charge in [0.25, 0.3) is 0 Å². The van der Waals surface area contributed by atoms with Crippen molar-refractivity contribution in [3.05, 3.63) is 35.9 Å². The van der Waals surface area contributed by atoms with E-state index in [2.05, 4.69) is 18.4 Å². The molecular formula is C21H34F3NOSSi. The third kappa shape index (κ3) is 7.08. The standard InChI is InChI=1S/C21H34F3NOSSi/c1-20(2,3)19(26-28(4)5)17(16(27)13-14-11-12-14)25-18(21(22,23)24)15-9-7-6-8-10-15/h6-10,14,16-19,25,27-28H,11-13H2,1-5H3/t16-,17?,18-,19?/m1/s1. The summed E-state index contributed by atoms with van der Waals surface area (Å²) in [5.41, 5.74) is -0.0758. The van der Waals surface area contributed by atoms with Crippen molar-refractivity contribution in [3.8, 4) is 0 Å². The van der Waals surface area contributed by atoms with E-state index in [1.165, 1.54) is 12.1 Å². The summed E-state index contributed by atoms with van der Waals surface area (Å²) < 4.78 is 48.3. The van der Waals surface area contributed by atoms with Crippen LogP contribution in [-0.4, -0.2) is 32.6 Å². The lowest BCUT2D eigenvalue weighted by molar-refractivity contribution is -0.162. The average molecular weight is 434 g/mol. The molecule has 0 saturated heterocycles. The lowest BCUT2D eigenvalue weighted by atomic mass is 9.82. The molecular weight excluding hydrogens is 399 g/mol. The van der Waals surface area contributed by atoms with Crippen molar-refractivity contribution < 1.29 is 17.6 Å². The molecule has 0 radical (unpaired) electrons. The highest BCUT2D eigenvalue weighted by Crippen LogP contribution is 2.40. The summed E-state index contributed by atoms with van der Waals surface area (Å²) in [7, 11) is -1.46. The number of hydrogen-bond acceptors (Lipinski definition) is 3. The minimum atomic E-state index is -4.40. The van der Waals surface area contributed by atoms with Crippen LogP contribution >= 0.6 is 12.6 Å². The van der Waals surface area contributed by atoms with Gasteiger partial charge >= 0.3 is 6.18 Å². The van der Waals surface area contributed by atoms with Gasteiger partial charge in [0.1, 0.15) is 6.04 Å². The first-order valence-electron chi connectivity index (χ1n) is 10.1. The molecule has 4 atom stereocenters. The average Bonchev–Trinajstić information content (AvgIpc) is 3.36. The van der Waals surface area contributed by atoms with E-state index in [0.717, 1.165) is 19.3 Å². The first kappa shape index (κ1) is 23.8. The predicted molar refractivity (Wildman–Crippen MR) is 115 cm³/mol. The number of rotatable bonds is 9.